The van der Waals surface area contributed by atoms with E-state index in [9.17, 15) is 13.2 Å². The fourth-order valence-corrected chi connectivity index (χ4v) is 4.47. The van der Waals surface area contributed by atoms with Crippen molar-refractivity contribution in [3.8, 4) is 11.6 Å². The predicted molar refractivity (Wildman–Crippen MR) is 126 cm³/mol. The summed E-state index contributed by atoms with van der Waals surface area (Å²) in [6.45, 7) is 5.68. The molecule has 8 nitrogen and oxygen atoms in total. The average Bonchev–Trinajstić information content (AvgIpc) is 3.21. The van der Waals surface area contributed by atoms with Gasteiger partial charge in [0.2, 0.25) is 0 Å². The SMILES string of the molecule is CC(C)COC(=O)N1CCC(Oc2ccc(-n3ccc4cc(S(C)(=O)=O)ccc43)nc2)CC1. The van der Waals surface area contributed by atoms with Crippen molar-refractivity contribution >= 4 is 26.8 Å². The first-order chi connectivity index (χ1) is 15.7. The van der Waals surface area contributed by atoms with E-state index in [0.29, 0.717) is 42.1 Å². The predicted octanol–water partition coefficient (Wildman–Crippen LogP) is 4.06. The van der Waals surface area contributed by atoms with Gasteiger partial charge in [-0.1, -0.05) is 13.8 Å². The molecule has 1 amide bonds. The molecule has 1 fully saturated rings. The van der Waals surface area contributed by atoms with Crippen LogP contribution in [0.4, 0.5) is 4.79 Å². The highest BCUT2D eigenvalue weighted by Crippen LogP contribution is 2.25. The van der Waals surface area contributed by atoms with Crippen LogP contribution in [0.1, 0.15) is 26.7 Å². The van der Waals surface area contributed by atoms with Crippen molar-refractivity contribution in [2.75, 3.05) is 26.0 Å². The largest absolute Gasteiger partial charge is 0.489 e. The van der Waals surface area contributed by atoms with Gasteiger partial charge in [-0.15, -0.1) is 0 Å². The molecule has 9 heteroatoms. The monoisotopic (exact) mass is 471 g/mol. The van der Waals surface area contributed by atoms with Crippen molar-refractivity contribution in [1.82, 2.24) is 14.5 Å². The van der Waals surface area contributed by atoms with Crippen molar-refractivity contribution in [1.29, 1.82) is 0 Å². The van der Waals surface area contributed by atoms with E-state index in [0.717, 1.165) is 23.7 Å². The number of carbonyl (C=O) groups excluding carboxylic acids is 1. The number of rotatable bonds is 6. The molecule has 0 bridgehead atoms. The number of benzene rings is 1. The van der Waals surface area contributed by atoms with Crippen LogP contribution in [0.5, 0.6) is 5.75 Å². The topological polar surface area (TPSA) is 90.7 Å². The lowest BCUT2D eigenvalue weighted by Gasteiger charge is -2.31. The molecule has 33 heavy (non-hydrogen) atoms. The Labute approximate surface area is 194 Å². The summed E-state index contributed by atoms with van der Waals surface area (Å²) < 4.78 is 36.9. The average molecular weight is 472 g/mol. The van der Waals surface area contributed by atoms with Gasteiger partial charge in [-0.2, -0.15) is 0 Å². The molecular formula is C24H29N3O5S. The van der Waals surface area contributed by atoms with Crippen LogP contribution in [0.2, 0.25) is 0 Å². The number of piperidine rings is 1. The second kappa shape index (κ2) is 9.43. The minimum absolute atomic E-state index is 0.0219. The van der Waals surface area contributed by atoms with Gasteiger partial charge in [-0.05, 0) is 42.3 Å². The van der Waals surface area contributed by atoms with Crippen molar-refractivity contribution in [2.24, 2.45) is 5.92 Å². The minimum Gasteiger partial charge on any atom is -0.489 e. The lowest BCUT2D eigenvalue weighted by molar-refractivity contribution is 0.0617. The van der Waals surface area contributed by atoms with Crippen LogP contribution in [0.15, 0.2) is 53.7 Å². The maximum absolute atomic E-state index is 12.1. The lowest BCUT2D eigenvalue weighted by Crippen LogP contribution is -2.42. The van der Waals surface area contributed by atoms with Crippen LogP contribution in [0.3, 0.4) is 0 Å². The first kappa shape index (κ1) is 23.1. The van der Waals surface area contributed by atoms with Gasteiger partial charge in [0.25, 0.3) is 0 Å². The van der Waals surface area contributed by atoms with Crippen molar-refractivity contribution in [3.63, 3.8) is 0 Å². The highest BCUT2D eigenvalue weighted by atomic mass is 32.2. The van der Waals surface area contributed by atoms with E-state index in [4.69, 9.17) is 9.47 Å². The van der Waals surface area contributed by atoms with Gasteiger partial charge in [0.15, 0.2) is 9.84 Å². The van der Waals surface area contributed by atoms with Gasteiger partial charge < -0.3 is 18.9 Å². The Morgan fingerprint density at radius 2 is 1.91 bits per heavy atom. The van der Waals surface area contributed by atoms with E-state index in [1.165, 1.54) is 6.26 Å². The zero-order chi connectivity index (χ0) is 23.6. The summed E-state index contributed by atoms with van der Waals surface area (Å²) >= 11 is 0. The molecule has 1 saturated heterocycles. The molecule has 4 rings (SSSR count). The van der Waals surface area contributed by atoms with Gasteiger partial charge in [0.05, 0.1) is 23.2 Å². The normalized spacial score (nSPS) is 15.2. The molecule has 0 aliphatic carbocycles. The number of ether oxygens (including phenoxy) is 2. The standard InChI is InChI=1S/C24H29N3O5S/c1-17(2)16-31-24(28)26-11-9-19(10-12-26)32-20-4-7-23(25-15-20)27-13-8-18-14-21(33(3,29)30)5-6-22(18)27/h4-8,13-15,17,19H,9-12,16H2,1-3H3. The number of hydrogen-bond donors (Lipinski definition) is 0. The zero-order valence-corrected chi connectivity index (χ0v) is 19.9. The number of aromatic nitrogens is 2. The van der Waals surface area contributed by atoms with E-state index in [2.05, 4.69) is 4.98 Å². The maximum Gasteiger partial charge on any atom is 0.409 e. The second-order valence-corrected chi connectivity index (χ2v) is 10.8. The number of sulfone groups is 1. The zero-order valence-electron chi connectivity index (χ0n) is 19.1. The molecule has 0 radical (unpaired) electrons. The molecule has 0 spiro atoms. The summed E-state index contributed by atoms with van der Waals surface area (Å²) in [4.78, 5) is 18.7. The summed E-state index contributed by atoms with van der Waals surface area (Å²) in [6, 6.07) is 10.7. The summed E-state index contributed by atoms with van der Waals surface area (Å²) in [6.07, 6.45) is 6.01. The fourth-order valence-electron chi connectivity index (χ4n) is 3.81. The number of carbonyl (C=O) groups is 1. The highest BCUT2D eigenvalue weighted by Gasteiger charge is 2.25. The van der Waals surface area contributed by atoms with Gasteiger partial charge in [0, 0.05) is 43.8 Å². The van der Waals surface area contributed by atoms with Crippen LogP contribution in [-0.4, -0.2) is 61.0 Å². The number of pyridine rings is 1. The Bertz CT molecular complexity index is 1230. The maximum atomic E-state index is 12.1. The van der Waals surface area contributed by atoms with E-state index >= 15 is 0 Å². The van der Waals surface area contributed by atoms with Gasteiger partial charge in [-0.25, -0.2) is 18.2 Å². The van der Waals surface area contributed by atoms with Crippen molar-refractivity contribution in [3.05, 3.63) is 48.8 Å². The molecule has 1 aliphatic heterocycles. The lowest BCUT2D eigenvalue weighted by atomic mass is 10.1. The number of hydrogen-bond acceptors (Lipinski definition) is 6. The van der Waals surface area contributed by atoms with Gasteiger partial charge in [-0.3, -0.25) is 0 Å². The molecule has 1 aromatic carbocycles. The van der Waals surface area contributed by atoms with E-state index in [1.54, 1.807) is 29.3 Å². The molecule has 3 aromatic rings. The first-order valence-electron chi connectivity index (χ1n) is 11.1. The third kappa shape index (κ3) is 5.47. The Balaban J connectivity index is 1.37. The van der Waals surface area contributed by atoms with Crippen LogP contribution in [0.25, 0.3) is 16.7 Å². The smallest absolute Gasteiger partial charge is 0.409 e. The van der Waals surface area contributed by atoms with E-state index in [1.807, 2.05) is 42.8 Å². The minimum atomic E-state index is -3.25. The molecule has 0 saturated carbocycles. The third-order valence-corrected chi connectivity index (χ3v) is 6.71. The Kier molecular flexibility index (Phi) is 6.60. The van der Waals surface area contributed by atoms with Crippen LogP contribution < -0.4 is 4.74 Å². The third-order valence-electron chi connectivity index (χ3n) is 5.60. The number of fused-ring (bicyclic) bond motifs is 1. The van der Waals surface area contributed by atoms with Crippen molar-refractivity contribution in [2.45, 2.75) is 37.7 Å². The van der Waals surface area contributed by atoms with Crippen LogP contribution in [-0.2, 0) is 14.6 Å². The molecule has 2 aromatic heterocycles. The molecule has 0 N–H and O–H groups in total. The Morgan fingerprint density at radius 1 is 1.15 bits per heavy atom. The fraction of sp³-hybridized carbons (Fsp3) is 0.417. The first-order valence-corrected chi connectivity index (χ1v) is 13.0. The molecule has 3 heterocycles. The van der Waals surface area contributed by atoms with Gasteiger partial charge >= 0.3 is 6.09 Å². The number of nitrogens with zero attached hydrogens (tertiary/aromatic N) is 3. The number of likely N-dealkylation sites (tertiary alicyclic amines) is 1. The summed E-state index contributed by atoms with van der Waals surface area (Å²) in [5.41, 5.74) is 0.875. The molecule has 0 unspecified atom stereocenters. The molecule has 176 valence electrons. The van der Waals surface area contributed by atoms with Crippen molar-refractivity contribution < 1.29 is 22.7 Å². The van der Waals surface area contributed by atoms with E-state index in [-0.39, 0.29) is 12.2 Å². The van der Waals surface area contributed by atoms with Crippen LogP contribution >= 0.6 is 0 Å². The highest BCUT2D eigenvalue weighted by molar-refractivity contribution is 7.90. The van der Waals surface area contributed by atoms with Gasteiger partial charge in [0.1, 0.15) is 17.7 Å². The second-order valence-electron chi connectivity index (χ2n) is 8.81. The number of amides is 1. The Hall–Kier alpha value is -3.07. The summed E-state index contributed by atoms with van der Waals surface area (Å²) in [5.74, 6) is 1.71. The molecular weight excluding hydrogens is 442 g/mol. The van der Waals surface area contributed by atoms with E-state index < -0.39 is 9.84 Å². The molecule has 0 atom stereocenters. The summed E-state index contributed by atoms with van der Waals surface area (Å²) in [7, 11) is -3.25. The van der Waals surface area contributed by atoms with Crippen LogP contribution in [0, 0.1) is 5.92 Å². The Morgan fingerprint density at radius 3 is 2.55 bits per heavy atom. The molecule has 1 aliphatic rings. The summed E-state index contributed by atoms with van der Waals surface area (Å²) in [5, 5.41) is 0.832. The quantitative estimate of drug-likeness (QED) is 0.538.